The Morgan fingerprint density at radius 1 is 0.776 bits per heavy atom. The molecule has 302 valence electrons. The van der Waals surface area contributed by atoms with Crippen molar-refractivity contribution in [2.75, 3.05) is 19.6 Å². The van der Waals surface area contributed by atoms with E-state index in [2.05, 4.69) is 26.3 Å². The molecular formula is C41H44N8O9. The van der Waals surface area contributed by atoms with Gasteiger partial charge in [-0.2, -0.15) is 0 Å². The summed E-state index contributed by atoms with van der Waals surface area (Å²) in [6.45, 7) is -0.763. The topological polar surface area (TPSA) is 245 Å². The second-order valence-electron chi connectivity index (χ2n) is 13.6. The predicted octanol–water partition coefficient (Wildman–Crippen LogP) is 1.14. The van der Waals surface area contributed by atoms with E-state index in [0.29, 0.717) is 24.0 Å². The minimum absolute atomic E-state index is 0.0352. The number of pyridine rings is 1. The zero-order valence-electron chi connectivity index (χ0n) is 31.5. The Morgan fingerprint density at radius 3 is 1.98 bits per heavy atom. The summed E-state index contributed by atoms with van der Waals surface area (Å²) in [6, 6.07) is 22.2. The van der Waals surface area contributed by atoms with Crippen molar-refractivity contribution in [3.05, 3.63) is 136 Å². The van der Waals surface area contributed by atoms with Gasteiger partial charge in [0.1, 0.15) is 23.9 Å². The maximum atomic E-state index is 14.0. The van der Waals surface area contributed by atoms with Crippen molar-refractivity contribution in [3.8, 4) is 5.75 Å². The number of hydrogen-bond acceptors (Lipinski definition) is 11. The van der Waals surface area contributed by atoms with Crippen LogP contribution in [0.1, 0.15) is 29.5 Å². The summed E-state index contributed by atoms with van der Waals surface area (Å²) in [4.78, 5) is 95.5. The van der Waals surface area contributed by atoms with Crippen molar-refractivity contribution < 1.29 is 38.4 Å². The molecule has 1 aliphatic rings. The maximum Gasteiger partial charge on any atom is 0.334 e. The van der Waals surface area contributed by atoms with Crippen LogP contribution < -0.4 is 31.7 Å². The SMILES string of the molecule is N[C@H](Cc1ccccc1)C(=O)NCC(=O)N[C@@H](Cc1cccnc1)C(=O)N1CCC[C@H]1C(=O)NCC(=O)N[C@@H](Cc1ccccc1)C(=O)Oc1ccc([N+](=O)[O-])cc1. The summed E-state index contributed by atoms with van der Waals surface area (Å²) in [5, 5.41) is 21.4. The van der Waals surface area contributed by atoms with E-state index in [4.69, 9.17) is 10.5 Å². The number of nitro groups is 1. The normalized spacial score (nSPS) is 14.9. The lowest BCUT2D eigenvalue weighted by Gasteiger charge is -2.29. The van der Waals surface area contributed by atoms with E-state index in [1.807, 2.05) is 30.3 Å². The third-order valence-electron chi connectivity index (χ3n) is 9.28. The molecule has 0 spiro atoms. The van der Waals surface area contributed by atoms with Crippen LogP contribution in [0.2, 0.25) is 0 Å². The van der Waals surface area contributed by atoms with Crippen LogP contribution in [0.15, 0.2) is 109 Å². The Bertz CT molecular complexity index is 2050. The van der Waals surface area contributed by atoms with Crippen molar-refractivity contribution in [1.29, 1.82) is 0 Å². The highest BCUT2D eigenvalue weighted by molar-refractivity contribution is 5.95. The van der Waals surface area contributed by atoms with Crippen LogP contribution in [0.3, 0.4) is 0 Å². The van der Waals surface area contributed by atoms with Crippen molar-refractivity contribution in [2.24, 2.45) is 5.73 Å². The predicted molar refractivity (Wildman–Crippen MR) is 210 cm³/mol. The first-order chi connectivity index (χ1) is 28.0. The highest BCUT2D eigenvalue weighted by atomic mass is 16.6. The number of amides is 5. The van der Waals surface area contributed by atoms with E-state index >= 15 is 0 Å². The van der Waals surface area contributed by atoms with E-state index in [9.17, 15) is 38.9 Å². The molecule has 0 bridgehead atoms. The van der Waals surface area contributed by atoms with E-state index in [1.165, 1.54) is 29.2 Å². The zero-order valence-corrected chi connectivity index (χ0v) is 31.5. The molecule has 1 aliphatic heterocycles. The largest absolute Gasteiger partial charge is 0.425 e. The highest BCUT2D eigenvalue weighted by Gasteiger charge is 2.38. The number of ether oxygens (including phenoxy) is 1. The van der Waals surface area contributed by atoms with Gasteiger partial charge in [0, 0.05) is 43.9 Å². The molecular weight excluding hydrogens is 748 g/mol. The Kier molecular flexibility index (Phi) is 15.1. The van der Waals surface area contributed by atoms with Gasteiger partial charge in [-0.25, -0.2) is 4.79 Å². The number of nitrogens with one attached hydrogen (secondary N) is 4. The van der Waals surface area contributed by atoms with Crippen LogP contribution in [-0.2, 0) is 48.0 Å². The number of hydrogen-bond donors (Lipinski definition) is 5. The molecule has 0 radical (unpaired) electrons. The van der Waals surface area contributed by atoms with Crippen molar-refractivity contribution in [3.63, 3.8) is 0 Å². The Hall–Kier alpha value is -7.01. The molecule has 58 heavy (non-hydrogen) atoms. The van der Waals surface area contributed by atoms with Crippen molar-refractivity contribution in [2.45, 2.75) is 56.3 Å². The lowest BCUT2D eigenvalue weighted by molar-refractivity contribution is -0.384. The summed E-state index contributed by atoms with van der Waals surface area (Å²) >= 11 is 0. The first kappa shape index (κ1) is 42.1. The minimum Gasteiger partial charge on any atom is -0.425 e. The molecule has 5 amide bonds. The monoisotopic (exact) mass is 792 g/mol. The maximum absolute atomic E-state index is 14.0. The van der Waals surface area contributed by atoms with Gasteiger partial charge in [0.15, 0.2) is 0 Å². The summed E-state index contributed by atoms with van der Waals surface area (Å²) < 4.78 is 5.42. The summed E-state index contributed by atoms with van der Waals surface area (Å²) in [7, 11) is 0. The Morgan fingerprint density at radius 2 is 1.36 bits per heavy atom. The minimum atomic E-state index is -1.19. The lowest BCUT2D eigenvalue weighted by atomic mass is 10.1. The first-order valence-corrected chi connectivity index (χ1v) is 18.6. The third-order valence-corrected chi connectivity index (χ3v) is 9.28. The number of aromatic nitrogens is 1. The number of esters is 1. The van der Waals surface area contributed by atoms with Crippen LogP contribution in [-0.4, -0.2) is 94.1 Å². The van der Waals surface area contributed by atoms with E-state index in [1.54, 1.807) is 54.9 Å². The fourth-order valence-electron chi connectivity index (χ4n) is 6.36. The van der Waals surface area contributed by atoms with Crippen LogP contribution in [0, 0.1) is 10.1 Å². The fraction of sp³-hybridized carbons (Fsp3) is 0.293. The first-order valence-electron chi connectivity index (χ1n) is 18.6. The van der Waals surface area contributed by atoms with Gasteiger partial charge in [-0.15, -0.1) is 0 Å². The summed E-state index contributed by atoms with van der Waals surface area (Å²) in [6.07, 6.45) is 4.25. The number of rotatable bonds is 18. The molecule has 6 N–H and O–H groups in total. The number of likely N-dealkylation sites (tertiary alicyclic amines) is 1. The number of nitrogens with zero attached hydrogens (tertiary/aromatic N) is 3. The molecule has 4 atom stereocenters. The summed E-state index contributed by atoms with van der Waals surface area (Å²) in [5.74, 6) is -3.84. The number of carbonyl (C=O) groups is 6. The molecule has 0 unspecified atom stereocenters. The fourth-order valence-corrected chi connectivity index (χ4v) is 6.36. The van der Waals surface area contributed by atoms with E-state index in [0.717, 1.165) is 5.56 Å². The molecule has 0 aliphatic carbocycles. The molecule has 4 aromatic rings. The number of non-ortho nitro benzene ring substituents is 1. The number of carbonyl (C=O) groups excluding carboxylic acids is 6. The molecule has 1 fully saturated rings. The van der Waals surface area contributed by atoms with Crippen LogP contribution in [0.5, 0.6) is 5.75 Å². The molecule has 3 aromatic carbocycles. The van der Waals surface area contributed by atoms with Gasteiger partial charge in [-0.1, -0.05) is 66.7 Å². The standard InChI is InChI=1S/C41H44N8O9/c42-32(21-27-9-3-1-4-10-27)38(52)44-25-36(50)46-33(23-29-13-7-19-43-24-29)40(54)48-20-8-14-35(48)39(53)45-26-37(51)47-34(22-28-11-5-2-6-12-28)41(55)58-31-17-15-30(16-18-31)49(56)57/h1-7,9-13,15-19,24,32-35H,8,14,20-23,25-26,42H2,(H,44,52)(H,45,53)(H,46,50)(H,47,51)/t32-,33+,34+,35+/m1/s1. The Balaban J connectivity index is 1.19. The average Bonchev–Trinajstić information content (AvgIpc) is 3.73. The molecule has 1 saturated heterocycles. The van der Waals surface area contributed by atoms with E-state index < -0.39 is 77.7 Å². The third kappa shape index (κ3) is 12.5. The summed E-state index contributed by atoms with van der Waals surface area (Å²) in [5.41, 5.74) is 8.07. The van der Waals surface area contributed by atoms with Gasteiger partial charge in [0.25, 0.3) is 5.69 Å². The van der Waals surface area contributed by atoms with Crippen LogP contribution in [0.25, 0.3) is 0 Å². The van der Waals surface area contributed by atoms with Gasteiger partial charge in [0.05, 0.1) is 24.1 Å². The number of benzene rings is 3. The number of nitrogens with two attached hydrogens (primary N) is 1. The van der Waals surface area contributed by atoms with Gasteiger partial charge >= 0.3 is 5.97 Å². The molecule has 0 saturated carbocycles. The van der Waals surface area contributed by atoms with Gasteiger partial charge in [-0.3, -0.25) is 39.1 Å². The van der Waals surface area contributed by atoms with Crippen LogP contribution in [0.4, 0.5) is 5.69 Å². The zero-order chi connectivity index (χ0) is 41.4. The highest BCUT2D eigenvalue weighted by Crippen LogP contribution is 2.21. The van der Waals surface area contributed by atoms with Gasteiger partial charge in [0.2, 0.25) is 29.5 Å². The number of nitro benzene ring substituents is 1. The van der Waals surface area contributed by atoms with Crippen molar-refractivity contribution >= 4 is 41.2 Å². The van der Waals surface area contributed by atoms with Gasteiger partial charge in [-0.05, 0) is 54.2 Å². The molecule has 2 heterocycles. The molecule has 17 nitrogen and oxygen atoms in total. The van der Waals surface area contributed by atoms with Crippen molar-refractivity contribution in [1.82, 2.24) is 31.2 Å². The van der Waals surface area contributed by atoms with Gasteiger partial charge < -0.3 is 36.6 Å². The second-order valence-corrected chi connectivity index (χ2v) is 13.6. The quantitative estimate of drug-likeness (QED) is 0.0414. The second kappa shape index (κ2) is 20.8. The molecule has 5 rings (SSSR count). The Labute approximate surface area is 333 Å². The smallest absolute Gasteiger partial charge is 0.334 e. The van der Waals surface area contributed by atoms with E-state index in [-0.39, 0.29) is 37.2 Å². The molecule has 17 heteroatoms. The lowest BCUT2D eigenvalue weighted by Crippen LogP contribution is -2.56. The molecule has 1 aromatic heterocycles. The van der Waals surface area contributed by atoms with Crippen LogP contribution >= 0.6 is 0 Å². The average molecular weight is 793 g/mol.